The average molecular weight is 281 g/mol. The number of hydrogen-bond donors (Lipinski definition) is 2. The zero-order valence-electron chi connectivity index (χ0n) is 12.9. The smallest absolute Gasteiger partial charge is 0.0928 e. The Labute approximate surface area is 122 Å². The second kappa shape index (κ2) is 9.08. The number of methoxy groups -OCH3 is 2. The molecule has 0 aliphatic rings. The van der Waals surface area contributed by atoms with Gasteiger partial charge in [0, 0.05) is 27.3 Å². The predicted molar refractivity (Wildman–Crippen MR) is 81.0 cm³/mol. The van der Waals surface area contributed by atoms with Crippen LogP contribution in [0.3, 0.4) is 0 Å². The van der Waals surface area contributed by atoms with E-state index in [1.807, 2.05) is 12.1 Å². The van der Waals surface area contributed by atoms with Crippen molar-refractivity contribution in [2.45, 2.75) is 32.0 Å². The van der Waals surface area contributed by atoms with Crippen molar-refractivity contribution in [3.8, 4) is 0 Å². The van der Waals surface area contributed by atoms with Gasteiger partial charge in [0.05, 0.1) is 18.8 Å². The molecule has 0 bridgehead atoms. The van der Waals surface area contributed by atoms with Gasteiger partial charge < -0.3 is 19.9 Å². The Morgan fingerprint density at radius 3 is 2.15 bits per heavy atom. The molecule has 0 saturated carbocycles. The van der Waals surface area contributed by atoms with Crippen LogP contribution in [0, 0.1) is 0 Å². The van der Waals surface area contributed by atoms with E-state index >= 15 is 0 Å². The lowest BCUT2D eigenvalue weighted by atomic mass is 10.00. The molecular formula is C16H27NO3. The molecule has 0 amide bonds. The number of aliphatic hydroxyl groups is 1. The van der Waals surface area contributed by atoms with Gasteiger partial charge in [-0.2, -0.15) is 0 Å². The Morgan fingerprint density at radius 1 is 1.05 bits per heavy atom. The lowest BCUT2D eigenvalue weighted by Crippen LogP contribution is -2.34. The molecule has 0 heterocycles. The van der Waals surface area contributed by atoms with Gasteiger partial charge >= 0.3 is 0 Å². The van der Waals surface area contributed by atoms with Gasteiger partial charge in [-0.1, -0.05) is 38.1 Å². The molecule has 1 rings (SSSR count). The molecule has 4 nitrogen and oxygen atoms in total. The fraction of sp³-hybridized carbons (Fsp3) is 0.625. The highest BCUT2D eigenvalue weighted by Gasteiger charge is 2.10. The molecule has 0 aliphatic carbocycles. The lowest BCUT2D eigenvalue weighted by molar-refractivity contribution is 0.0270. The largest absolute Gasteiger partial charge is 0.387 e. The maximum atomic E-state index is 10.1. The van der Waals surface area contributed by atoms with Gasteiger partial charge in [-0.05, 0) is 17.0 Å². The van der Waals surface area contributed by atoms with Gasteiger partial charge in [0.2, 0.25) is 0 Å². The topological polar surface area (TPSA) is 50.7 Å². The molecule has 0 aromatic heterocycles. The summed E-state index contributed by atoms with van der Waals surface area (Å²) >= 11 is 0. The van der Waals surface area contributed by atoms with Crippen molar-refractivity contribution in [3.63, 3.8) is 0 Å². The lowest BCUT2D eigenvalue weighted by Gasteiger charge is -2.17. The van der Waals surface area contributed by atoms with E-state index in [4.69, 9.17) is 9.47 Å². The monoisotopic (exact) mass is 281 g/mol. The molecule has 0 radical (unpaired) electrons. The van der Waals surface area contributed by atoms with Gasteiger partial charge in [-0.15, -0.1) is 0 Å². The first kappa shape index (κ1) is 17.1. The van der Waals surface area contributed by atoms with E-state index in [2.05, 4.69) is 31.3 Å². The first-order chi connectivity index (χ1) is 9.58. The van der Waals surface area contributed by atoms with Crippen LogP contribution < -0.4 is 5.32 Å². The van der Waals surface area contributed by atoms with Crippen LogP contribution in [0.4, 0.5) is 0 Å². The van der Waals surface area contributed by atoms with Gasteiger partial charge in [-0.3, -0.25) is 0 Å². The fourth-order valence-electron chi connectivity index (χ4n) is 2.00. The Bertz CT molecular complexity index is 364. The summed E-state index contributed by atoms with van der Waals surface area (Å²) in [6.07, 6.45) is -0.494. The van der Waals surface area contributed by atoms with E-state index in [1.165, 1.54) is 5.56 Å². The van der Waals surface area contributed by atoms with Crippen LogP contribution in [0.2, 0.25) is 0 Å². The average Bonchev–Trinajstić information content (AvgIpc) is 2.46. The van der Waals surface area contributed by atoms with Crippen molar-refractivity contribution in [1.29, 1.82) is 0 Å². The molecule has 0 aliphatic heterocycles. The summed E-state index contributed by atoms with van der Waals surface area (Å²) in [5.41, 5.74) is 2.22. The molecular weight excluding hydrogens is 254 g/mol. The van der Waals surface area contributed by atoms with Gasteiger partial charge in [0.25, 0.3) is 0 Å². The minimum atomic E-state index is -0.503. The number of aliphatic hydroxyl groups excluding tert-OH is 1. The molecule has 0 spiro atoms. The van der Waals surface area contributed by atoms with E-state index < -0.39 is 6.10 Å². The molecule has 1 aromatic carbocycles. The summed E-state index contributed by atoms with van der Waals surface area (Å²) in [5.74, 6) is 0.510. The summed E-state index contributed by atoms with van der Waals surface area (Å²) in [5, 5.41) is 13.3. The number of nitrogens with one attached hydrogen (secondary N) is 1. The van der Waals surface area contributed by atoms with Crippen molar-refractivity contribution >= 4 is 0 Å². The zero-order valence-corrected chi connectivity index (χ0v) is 12.9. The van der Waals surface area contributed by atoms with Crippen LogP contribution >= 0.6 is 0 Å². The highest BCUT2D eigenvalue weighted by Crippen LogP contribution is 2.18. The zero-order chi connectivity index (χ0) is 15.0. The van der Waals surface area contributed by atoms with Crippen molar-refractivity contribution in [2.24, 2.45) is 0 Å². The van der Waals surface area contributed by atoms with E-state index in [0.29, 0.717) is 25.6 Å². The molecule has 0 saturated heterocycles. The second-order valence-corrected chi connectivity index (χ2v) is 5.31. The molecule has 1 aromatic rings. The number of rotatable bonds is 9. The first-order valence-electron chi connectivity index (χ1n) is 7.08. The van der Waals surface area contributed by atoms with Gasteiger partial charge in [-0.25, -0.2) is 0 Å². The number of hydrogen-bond acceptors (Lipinski definition) is 4. The number of benzene rings is 1. The van der Waals surface area contributed by atoms with E-state index in [1.54, 1.807) is 14.2 Å². The SMILES string of the molecule is COCC(CNCC(O)c1ccc(C(C)C)cc1)OC. The minimum absolute atomic E-state index is 0.00974. The maximum Gasteiger partial charge on any atom is 0.0928 e. The van der Waals surface area contributed by atoms with Crippen molar-refractivity contribution in [2.75, 3.05) is 33.9 Å². The Morgan fingerprint density at radius 2 is 1.65 bits per heavy atom. The standard InChI is InChI=1S/C16H27NO3/c1-12(2)13-5-7-14(8-6-13)16(18)10-17-9-15(20-4)11-19-3/h5-8,12,15-18H,9-11H2,1-4H3. The normalized spacial score (nSPS) is 14.5. The third-order valence-electron chi connectivity index (χ3n) is 3.38. The minimum Gasteiger partial charge on any atom is -0.387 e. The Balaban J connectivity index is 2.40. The highest BCUT2D eigenvalue weighted by molar-refractivity contribution is 5.26. The summed E-state index contributed by atoms with van der Waals surface area (Å²) < 4.78 is 10.3. The molecule has 114 valence electrons. The van der Waals surface area contributed by atoms with E-state index in [9.17, 15) is 5.11 Å². The van der Waals surface area contributed by atoms with Crippen LogP contribution in [-0.2, 0) is 9.47 Å². The summed E-state index contributed by atoms with van der Waals surface area (Å²) in [7, 11) is 3.31. The van der Waals surface area contributed by atoms with Gasteiger partial charge in [0.15, 0.2) is 0 Å². The Kier molecular flexibility index (Phi) is 7.77. The molecule has 2 N–H and O–H groups in total. The maximum absolute atomic E-state index is 10.1. The van der Waals surface area contributed by atoms with Gasteiger partial charge in [0.1, 0.15) is 0 Å². The van der Waals surface area contributed by atoms with Crippen LogP contribution in [0.5, 0.6) is 0 Å². The molecule has 2 unspecified atom stereocenters. The molecule has 20 heavy (non-hydrogen) atoms. The Hall–Kier alpha value is -0.940. The van der Waals surface area contributed by atoms with Crippen molar-refractivity contribution in [3.05, 3.63) is 35.4 Å². The quantitative estimate of drug-likeness (QED) is 0.728. The second-order valence-electron chi connectivity index (χ2n) is 5.31. The molecule has 4 heteroatoms. The van der Waals surface area contributed by atoms with E-state index in [0.717, 1.165) is 5.56 Å². The summed E-state index contributed by atoms with van der Waals surface area (Å²) in [6.45, 7) is 6.03. The van der Waals surface area contributed by atoms with E-state index in [-0.39, 0.29) is 6.10 Å². The van der Waals surface area contributed by atoms with Crippen molar-refractivity contribution in [1.82, 2.24) is 5.32 Å². The molecule has 0 fully saturated rings. The first-order valence-corrected chi connectivity index (χ1v) is 7.08. The third-order valence-corrected chi connectivity index (χ3v) is 3.38. The predicted octanol–water partition coefficient (Wildman–Crippen LogP) is 2.09. The number of ether oxygens (including phenoxy) is 2. The van der Waals surface area contributed by atoms with Crippen LogP contribution in [0.1, 0.15) is 37.0 Å². The van der Waals surface area contributed by atoms with Crippen molar-refractivity contribution < 1.29 is 14.6 Å². The van der Waals surface area contributed by atoms with Crippen LogP contribution in [-0.4, -0.2) is 45.1 Å². The van der Waals surface area contributed by atoms with Crippen LogP contribution in [0.15, 0.2) is 24.3 Å². The molecule has 2 atom stereocenters. The summed E-state index contributed by atoms with van der Waals surface area (Å²) in [4.78, 5) is 0. The highest BCUT2D eigenvalue weighted by atomic mass is 16.5. The third kappa shape index (κ3) is 5.59. The summed E-state index contributed by atoms with van der Waals surface area (Å²) in [6, 6.07) is 8.13. The fourth-order valence-corrected chi connectivity index (χ4v) is 2.00. The van der Waals surface area contributed by atoms with Crippen LogP contribution in [0.25, 0.3) is 0 Å².